The zero-order valence-electron chi connectivity index (χ0n) is 17.7. The lowest BCUT2D eigenvalue weighted by molar-refractivity contribution is 0.0956. The number of imidazole rings is 1. The van der Waals surface area contributed by atoms with Crippen molar-refractivity contribution >= 4 is 28.3 Å². The quantitative estimate of drug-likeness (QED) is 0.400. The minimum absolute atomic E-state index is 0.105. The molecule has 2 aromatic carbocycles. The Bertz CT molecular complexity index is 1180. The molecule has 0 atom stereocenters. The van der Waals surface area contributed by atoms with Gasteiger partial charge in [-0.25, -0.2) is 9.97 Å². The molecule has 0 aliphatic heterocycles. The topological polar surface area (TPSA) is 89.1 Å². The summed E-state index contributed by atoms with van der Waals surface area (Å²) in [5, 5.41) is 3.76. The van der Waals surface area contributed by atoms with Gasteiger partial charge in [0.1, 0.15) is 15.7 Å². The Morgan fingerprint density at radius 3 is 2.68 bits per heavy atom. The van der Waals surface area contributed by atoms with Gasteiger partial charge in [0.05, 0.1) is 30.9 Å². The molecule has 0 radical (unpaired) electrons. The molecule has 2 aromatic heterocycles. The van der Waals surface area contributed by atoms with E-state index < -0.39 is 0 Å². The lowest BCUT2D eigenvalue weighted by Gasteiger charge is -2.08. The zero-order chi connectivity index (χ0) is 21.8. The molecule has 0 aliphatic rings. The van der Waals surface area contributed by atoms with Crippen LogP contribution in [-0.2, 0) is 6.42 Å². The third-order valence-corrected chi connectivity index (χ3v) is 6.15. The number of hydrogen-bond donors (Lipinski definition) is 2. The minimum Gasteiger partial charge on any atom is -0.493 e. The smallest absolute Gasteiger partial charge is 0.263 e. The normalized spacial score (nSPS) is 10.9. The van der Waals surface area contributed by atoms with Crippen molar-refractivity contribution in [1.29, 1.82) is 0 Å². The van der Waals surface area contributed by atoms with Crippen LogP contribution < -0.4 is 14.8 Å². The second-order valence-corrected chi connectivity index (χ2v) is 8.06. The van der Waals surface area contributed by atoms with Gasteiger partial charge in [-0.3, -0.25) is 4.79 Å². The summed E-state index contributed by atoms with van der Waals surface area (Å²) < 4.78 is 10.7. The van der Waals surface area contributed by atoms with Crippen LogP contribution in [0.4, 0.5) is 0 Å². The van der Waals surface area contributed by atoms with Gasteiger partial charge in [0.25, 0.3) is 5.91 Å². The molecule has 160 valence electrons. The van der Waals surface area contributed by atoms with Crippen LogP contribution in [0, 0.1) is 6.92 Å². The molecule has 4 aromatic rings. The van der Waals surface area contributed by atoms with Crippen LogP contribution in [0.25, 0.3) is 21.6 Å². The molecule has 0 unspecified atom stereocenters. The minimum atomic E-state index is -0.105. The predicted octanol–water partition coefficient (Wildman–Crippen LogP) is 4.37. The second-order valence-electron chi connectivity index (χ2n) is 7.06. The molecule has 2 heterocycles. The summed E-state index contributed by atoms with van der Waals surface area (Å²) in [5.74, 6) is 2.11. The van der Waals surface area contributed by atoms with Gasteiger partial charge in [0.15, 0.2) is 11.5 Å². The Morgan fingerprint density at radius 2 is 1.90 bits per heavy atom. The molecule has 1 amide bonds. The molecule has 8 heteroatoms. The van der Waals surface area contributed by atoms with Crippen molar-refractivity contribution in [3.63, 3.8) is 0 Å². The molecule has 31 heavy (non-hydrogen) atoms. The first-order valence-corrected chi connectivity index (χ1v) is 10.8. The highest BCUT2D eigenvalue weighted by atomic mass is 32.1. The third-order valence-electron chi connectivity index (χ3n) is 4.95. The predicted molar refractivity (Wildman–Crippen MR) is 122 cm³/mol. The SMILES string of the molecule is COc1ccc(-c2nc(C)c(C(=O)NCCCc3nc4ccccc4[nH]3)s2)cc1OC. The number of amides is 1. The van der Waals surface area contributed by atoms with E-state index in [2.05, 4.69) is 20.3 Å². The van der Waals surface area contributed by atoms with Crippen molar-refractivity contribution < 1.29 is 14.3 Å². The number of ether oxygens (including phenoxy) is 2. The summed E-state index contributed by atoms with van der Waals surface area (Å²) in [7, 11) is 3.20. The fraction of sp³-hybridized carbons (Fsp3) is 0.261. The summed E-state index contributed by atoms with van der Waals surface area (Å²) in [6.07, 6.45) is 1.57. The van der Waals surface area contributed by atoms with E-state index in [0.29, 0.717) is 28.6 Å². The highest BCUT2D eigenvalue weighted by Gasteiger charge is 2.17. The fourth-order valence-corrected chi connectivity index (χ4v) is 4.34. The number of nitrogens with one attached hydrogen (secondary N) is 2. The number of hydrogen-bond acceptors (Lipinski definition) is 6. The summed E-state index contributed by atoms with van der Waals surface area (Å²) in [6.45, 7) is 2.42. The van der Waals surface area contributed by atoms with Crippen LogP contribution in [0.2, 0.25) is 0 Å². The number of H-pyrrole nitrogens is 1. The molecule has 0 saturated heterocycles. The zero-order valence-corrected chi connectivity index (χ0v) is 18.5. The number of para-hydroxylation sites is 2. The summed E-state index contributed by atoms with van der Waals surface area (Å²) in [4.78, 5) is 25.8. The number of methoxy groups -OCH3 is 2. The fourth-order valence-electron chi connectivity index (χ4n) is 3.36. The van der Waals surface area contributed by atoms with Crippen LogP contribution in [0.1, 0.15) is 27.6 Å². The molecular formula is C23H24N4O3S. The summed E-state index contributed by atoms with van der Waals surface area (Å²) in [6, 6.07) is 13.6. The van der Waals surface area contributed by atoms with E-state index in [1.165, 1.54) is 11.3 Å². The monoisotopic (exact) mass is 436 g/mol. The summed E-state index contributed by atoms with van der Waals surface area (Å²) in [5.41, 5.74) is 3.59. The van der Waals surface area contributed by atoms with E-state index >= 15 is 0 Å². The largest absolute Gasteiger partial charge is 0.493 e. The lowest BCUT2D eigenvalue weighted by Crippen LogP contribution is -2.24. The van der Waals surface area contributed by atoms with Gasteiger partial charge in [-0.2, -0.15) is 0 Å². The van der Waals surface area contributed by atoms with Crippen LogP contribution >= 0.6 is 11.3 Å². The van der Waals surface area contributed by atoms with Crippen molar-refractivity contribution in [2.24, 2.45) is 0 Å². The van der Waals surface area contributed by atoms with Crippen molar-refractivity contribution in [3.05, 3.63) is 58.9 Å². The number of carbonyl (C=O) groups is 1. The average molecular weight is 437 g/mol. The van der Waals surface area contributed by atoms with Crippen molar-refractivity contribution in [1.82, 2.24) is 20.3 Å². The Labute approximate surface area is 184 Å². The molecule has 7 nitrogen and oxygen atoms in total. The lowest BCUT2D eigenvalue weighted by atomic mass is 10.2. The number of carbonyl (C=O) groups excluding carboxylic acids is 1. The molecule has 0 aliphatic carbocycles. The molecule has 4 rings (SSSR count). The van der Waals surface area contributed by atoms with Gasteiger partial charge < -0.3 is 19.8 Å². The van der Waals surface area contributed by atoms with Crippen molar-refractivity contribution in [2.75, 3.05) is 20.8 Å². The number of aromatic nitrogens is 3. The van der Waals surface area contributed by atoms with Crippen molar-refractivity contribution in [3.8, 4) is 22.1 Å². The molecular weight excluding hydrogens is 412 g/mol. The van der Waals surface area contributed by atoms with E-state index in [9.17, 15) is 4.79 Å². The second kappa shape index (κ2) is 9.18. The number of rotatable bonds is 8. The van der Waals surface area contributed by atoms with E-state index in [1.54, 1.807) is 14.2 Å². The standard InChI is InChI=1S/C23H24N4O3S/c1-14-21(31-23(25-14)15-10-11-18(29-2)19(13-15)30-3)22(28)24-12-6-9-20-26-16-7-4-5-8-17(16)27-20/h4-5,7-8,10-11,13H,6,9,12H2,1-3H3,(H,24,28)(H,26,27). The van der Waals surface area contributed by atoms with Crippen LogP contribution in [-0.4, -0.2) is 41.6 Å². The molecule has 2 N–H and O–H groups in total. The first kappa shape index (κ1) is 20.9. The first-order valence-electron chi connectivity index (χ1n) is 10.0. The number of aryl methyl sites for hydroxylation is 2. The number of benzene rings is 2. The van der Waals surface area contributed by atoms with E-state index in [1.807, 2.05) is 49.4 Å². The first-order chi connectivity index (χ1) is 15.1. The third kappa shape index (κ3) is 4.54. The van der Waals surface area contributed by atoms with Gasteiger partial charge in [-0.05, 0) is 43.7 Å². The molecule has 0 spiro atoms. The van der Waals surface area contributed by atoms with Gasteiger partial charge >= 0.3 is 0 Å². The van der Waals surface area contributed by atoms with E-state index in [-0.39, 0.29) is 5.91 Å². The average Bonchev–Trinajstić information content (AvgIpc) is 3.39. The van der Waals surface area contributed by atoms with Crippen LogP contribution in [0.3, 0.4) is 0 Å². The number of nitrogens with zero attached hydrogens (tertiary/aromatic N) is 2. The highest BCUT2D eigenvalue weighted by Crippen LogP contribution is 2.34. The summed E-state index contributed by atoms with van der Waals surface area (Å²) >= 11 is 1.37. The number of aromatic amines is 1. The number of fused-ring (bicyclic) bond motifs is 1. The molecule has 0 saturated carbocycles. The Hall–Kier alpha value is -3.39. The van der Waals surface area contributed by atoms with Crippen LogP contribution in [0.5, 0.6) is 11.5 Å². The number of thiazole rings is 1. The maximum Gasteiger partial charge on any atom is 0.263 e. The Balaban J connectivity index is 1.37. The van der Waals surface area contributed by atoms with E-state index in [4.69, 9.17) is 9.47 Å². The Kier molecular flexibility index (Phi) is 6.18. The van der Waals surface area contributed by atoms with Crippen LogP contribution in [0.15, 0.2) is 42.5 Å². The maximum atomic E-state index is 12.7. The van der Waals surface area contributed by atoms with Gasteiger partial charge in [0, 0.05) is 18.5 Å². The Morgan fingerprint density at radius 1 is 1.10 bits per heavy atom. The van der Waals surface area contributed by atoms with Gasteiger partial charge in [-0.1, -0.05) is 12.1 Å². The van der Waals surface area contributed by atoms with Gasteiger partial charge in [0.2, 0.25) is 0 Å². The molecule has 0 fully saturated rings. The van der Waals surface area contributed by atoms with Crippen molar-refractivity contribution in [2.45, 2.75) is 19.8 Å². The molecule has 0 bridgehead atoms. The highest BCUT2D eigenvalue weighted by molar-refractivity contribution is 7.17. The van der Waals surface area contributed by atoms with E-state index in [0.717, 1.165) is 40.3 Å². The van der Waals surface area contributed by atoms with Gasteiger partial charge in [-0.15, -0.1) is 11.3 Å². The maximum absolute atomic E-state index is 12.7.